The number of halogens is 3. The lowest BCUT2D eigenvalue weighted by atomic mass is 10.3. The van der Waals surface area contributed by atoms with Gasteiger partial charge in [0.05, 0.1) is 21.5 Å². The Morgan fingerprint density at radius 2 is 1.90 bits per heavy atom. The molecule has 2 aromatic rings. The lowest BCUT2D eigenvalue weighted by Crippen LogP contribution is -2.13. The summed E-state index contributed by atoms with van der Waals surface area (Å²) in [6.07, 6.45) is 1.43. The van der Waals surface area contributed by atoms with Crippen molar-refractivity contribution in [1.29, 1.82) is 0 Å². The SMILES string of the molecule is O=C(O)CSc1nc(=O)ccn1-c1c(Cl)cc(Cl)cc1Cl. The maximum atomic E-state index is 11.4. The molecule has 21 heavy (non-hydrogen) atoms. The number of rotatable bonds is 4. The Kier molecular flexibility index (Phi) is 5.16. The van der Waals surface area contributed by atoms with Gasteiger partial charge in [0.25, 0.3) is 5.56 Å². The van der Waals surface area contributed by atoms with Crippen molar-refractivity contribution in [3.63, 3.8) is 0 Å². The van der Waals surface area contributed by atoms with Crippen LogP contribution in [0.1, 0.15) is 0 Å². The molecule has 0 spiro atoms. The van der Waals surface area contributed by atoms with Gasteiger partial charge in [-0.15, -0.1) is 0 Å². The smallest absolute Gasteiger partial charge is 0.313 e. The van der Waals surface area contributed by atoms with Crippen molar-refractivity contribution in [2.24, 2.45) is 0 Å². The molecule has 0 atom stereocenters. The second-order valence-electron chi connectivity index (χ2n) is 3.82. The number of hydrogen-bond acceptors (Lipinski definition) is 4. The van der Waals surface area contributed by atoms with E-state index >= 15 is 0 Å². The molecule has 1 aromatic carbocycles. The Bertz CT molecular complexity index is 741. The number of hydrogen-bond donors (Lipinski definition) is 1. The highest BCUT2D eigenvalue weighted by Crippen LogP contribution is 2.33. The number of carboxylic acids is 1. The van der Waals surface area contributed by atoms with E-state index in [1.54, 1.807) is 0 Å². The van der Waals surface area contributed by atoms with Gasteiger partial charge in [0, 0.05) is 17.3 Å². The Labute approximate surface area is 138 Å². The van der Waals surface area contributed by atoms with Crippen LogP contribution >= 0.6 is 46.6 Å². The van der Waals surface area contributed by atoms with Gasteiger partial charge in [-0.05, 0) is 12.1 Å². The summed E-state index contributed by atoms with van der Waals surface area (Å²) in [5, 5.41) is 9.80. The zero-order chi connectivity index (χ0) is 15.6. The molecule has 0 bridgehead atoms. The van der Waals surface area contributed by atoms with Crippen molar-refractivity contribution in [2.45, 2.75) is 5.16 Å². The van der Waals surface area contributed by atoms with Gasteiger partial charge in [-0.3, -0.25) is 14.2 Å². The zero-order valence-corrected chi connectivity index (χ0v) is 13.3. The molecule has 5 nitrogen and oxygen atoms in total. The molecule has 1 N–H and O–H groups in total. The summed E-state index contributed by atoms with van der Waals surface area (Å²) in [5.74, 6) is -1.28. The Hall–Kier alpha value is -1.21. The van der Waals surface area contributed by atoms with Crippen molar-refractivity contribution < 1.29 is 9.90 Å². The number of carbonyl (C=O) groups is 1. The molecule has 0 amide bonds. The number of carboxylic acid groups (broad SMARTS) is 1. The molecule has 9 heteroatoms. The molecule has 0 saturated carbocycles. The van der Waals surface area contributed by atoms with Gasteiger partial charge in [-0.1, -0.05) is 46.6 Å². The molecule has 0 aliphatic rings. The number of aliphatic carboxylic acids is 1. The van der Waals surface area contributed by atoms with Crippen LogP contribution < -0.4 is 5.56 Å². The minimum Gasteiger partial charge on any atom is -0.481 e. The topological polar surface area (TPSA) is 72.2 Å². The summed E-state index contributed by atoms with van der Waals surface area (Å²) < 4.78 is 1.45. The highest BCUT2D eigenvalue weighted by Gasteiger charge is 2.14. The third-order valence-corrected chi connectivity index (χ3v) is 4.06. The van der Waals surface area contributed by atoms with Gasteiger partial charge in [0.15, 0.2) is 5.16 Å². The molecule has 1 aromatic heterocycles. The Balaban J connectivity index is 2.58. The predicted octanol–water partition coefficient (Wildman–Crippen LogP) is 3.37. The van der Waals surface area contributed by atoms with Crippen LogP contribution in [-0.2, 0) is 4.79 Å². The number of thioether (sulfide) groups is 1. The van der Waals surface area contributed by atoms with Crippen LogP contribution in [0, 0.1) is 0 Å². The van der Waals surface area contributed by atoms with Crippen molar-refractivity contribution in [3.05, 3.63) is 49.8 Å². The van der Waals surface area contributed by atoms with Gasteiger partial charge >= 0.3 is 5.97 Å². The lowest BCUT2D eigenvalue weighted by molar-refractivity contribution is -0.133. The second-order valence-corrected chi connectivity index (χ2v) is 6.01. The normalized spacial score (nSPS) is 10.6. The fraction of sp³-hybridized carbons (Fsp3) is 0.0833. The van der Waals surface area contributed by atoms with Crippen LogP contribution in [0.4, 0.5) is 0 Å². The van der Waals surface area contributed by atoms with Crippen LogP contribution in [0.15, 0.2) is 34.3 Å². The van der Waals surface area contributed by atoms with Gasteiger partial charge in [0.1, 0.15) is 0 Å². The summed E-state index contributed by atoms with van der Waals surface area (Å²) in [5.41, 5.74) is -0.108. The first-order valence-corrected chi connectivity index (χ1v) is 7.59. The molecule has 1 heterocycles. The molecular formula is C12H7Cl3N2O3S. The van der Waals surface area contributed by atoms with Crippen molar-refractivity contribution in [1.82, 2.24) is 9.55 Å². The minimum atomic E-state index is -1.03. The van der Waals surface area contributed by atoms with Crippen molar-refractivity contribution >= 4 is 52.5 Å². The minimum absolute atomic E-state index is 0.177. The molecule has 2 rings (SSSR count). The standard InChI is InChI=1S/C12H7Cl3N2O3S/c13-6-3-7(14)11(8(15)4-6)17-2-1-9(18)16-12(17)21-5-10(19)20/h1-4H,5H2,(H,19,20). The fourth-order valence-electron chi connectivity index (χ4n) is 1.55. The van der Waals surface area contributed by atoms with Gasteiger partial charge in [-0.2, -0.15) is 4.98 Å². The van der Waals surface area contributed by atoms with Crippen LogP contribution in [0.5, 0.6) is 0 Å². The summed E-state index contributed by atoms with van der Waals surface area (Å²) in [4.78, 5) is 25.8. The quantitative estimate of drug-likeness (QED) is 0.664. The highest BCUT2D eigenvalue weighted by molar-refractivity contribution is 7.99. The van der Waals surface area contributed by atoms with E-state index in [9.17, 15) is 9.59 Å². The highest BCUT2D eigenvalue weighted by atomic mass is 35.5. The van der Waals surface area contributed by atoms with Gasteiger partial charge < -0.3 is 5.11 Å². The number of benzene rings is 1. The number of nitrogens with zero attached hydrogens (tertiary/aromatic N) is 2. The van der Waals surface area contributed by atoms with Crippen LogP contribution in [0.2, 0.25) is 15.1 Å². The van der Waals surface area contributed by atoms with E-state index in [2.05, 4.69) is 4.98 Å². The molecule has 0 aliphatic carbocycles. The van der Waals surface area contributed by atoms with E-state index in [4.69, 9.17) is 39.9 Å². The van der Waals surface area contributed by atoms with E-state index in [-0.39, 0.29) is 21.0 Å². The van der Waals surface area contributed by atoms with E-state index in [1.165, 1.54) is 29.0 Å². The largest absolute Gasteiger partial charge is 0.481 e. The average Bonchev–Trinajstić information content (AvgIpc) is 2.37. The summed E-state index contributed by atoms with van der Waals surface area (Å²) in [6.45, 7) is 0. The van der Waals surface area contributed by atoms with E-state index in [0.29, 0.717) is 10.7 Å². The predicted molar refractivity (Wildman–Crippen MR) is 83.2 cm³/mol. The Morgan fingerprint density at radius 3 is 2.48 bits per heavy atom. The Morgan fingerprint density at radius 1 is 1.29 bits per heavy atom. The summed E-state index contributed by atoms with van der Waals surface area (Å²) in [7, 11) is 0. The van der Waals surface area contributed by atoms with Crippen LogP contribution in [0.25, 0.3) is 5.69 Å². The van der Waals surface area contributed by atoms with E-state index in [0.717, 1.165) is 11.8 Å². The lowest BCUT2D eigenvalue weighted by Gasteiger charge is -2.14. The summed E-state index contributed by atoms with van der Waals surface area (Å²) in [6, 6.07) is 4.22. The monoisotopic (exact) mass is 364 g/mol. The first kappa shape index (κ1) is 16.2. The summed E-state index contributed by atoms with van der Waals surface area (Å²) >= 11 is 19.0. The molecule has 0 unspecified atom stereocenters. The molecular weight excluding hydrogens is 359 g/mol. The molecule has 0 saturated heterocycles. The van der Waals surface area contributed by atoms with Crippen molar-refractivity contribution in [2.75, 3.05) is 5.75 Å². The second kappa shape index (κ2) is 6.70. The van der Waals surface area contributed by atoms with Gasteiger partial charge in [-0.25, -0.2) is 0 Å². The van der Waals surface area contributed by atoms with Gasteiger partial charge in [0.2, 0.25) is 0 Å². The molecule has 0 aliphatic heterocycles. The third-order valence-electron chi connectivity index (χ3n) is 2.33. The van der Waals surface area contributed by atoms with Crippen LogP contribution in [-0.4, -0.2) is 26.4 Å². The maximum absolute atomic E-state index is 11.4. The molecule has 0 radical (unpaired) electrons. The first-order chi connectivity index (χ1) is 9.88. The molecule has 110 valence electrons. The first-order valence-electron chi connectivity index (χ1n) is 5.47. The van der Waals surface area contributed by atoms with Crippen molar-refractivity contribution in [3.8, 4) is 5.69 Å². The maximum Gasteiger partial charge on any atom is 0.313 e. The van der Waals surface area contributed by atoms with Crippen LogP contribution in [0.3, 0.4) is 0 Å². The third kappa shape index (κ3) is 3.91. The average molecular weight is 366 g/mol. The zero-order valence-electron chi connectivity index (χ0n) is 10.2. The molecule has 0 fully saturated rings. The number of aromatic nitrogens is 2. The van der Waals surface area contributed by atoms with E-state index < -0.39 is 11.5 Å². The fourth-order valence-corrected chi connectivity index (χ4v) is 3.25. The van der Waals surface area contributed by atoms with E-state index in [1.807, 2.05) is 0 Å².